The number of amides is 2. The summed E-state index contributed by atoms with van der Waals surface area (Å²) in [4.78, 5) is 39.3. The van der Waals surface area contributed by atoms with Crippen LogP contribution in [0, 0.1) is 10.1 Å². The highest BCUT2D eigenvalue weighted by atomic mass is 16.6. The molecule has 2 fully saturated rings. The predicted molar refractivity (Wildman–Crippen MR) is 107 cm³/mol. The van der Waals surface area contributed by atoms with Gasteiger partial charge in [-0.2, -0.15) is 0 Å². The van der Waals surface area contributed by atoms with Gasteiger partial charge in [0.25, 0.3) is 11.6 Å². The Kier molecular flexibility index (Phi) is 6.49. The first-order valence-corrected chi connectivity index (χ1v) is 10.1. The van der Waals surface area contributed by atoms with Gasteiger partial charge >= 0.3 is 0 Å². The molecular weight excluding hydrogens is 360 g/mol. The molecule has 152 valence electrons. The Bertz CT molecular complexity index is 738. The second-order valence-corrected chi connectivity index (χ2v) is 7.54. The molecule has 0 spiro atoms. The third-order valence-corrected chi connectivity index (χ3v) is 5.50. The molecule has 0 saturated carbocycles. The van der Waals surface area contributed by atoms with E-state index >= 15 is 0 Å². The first-order chi connectivity index (χ1) is 13.5. The first-order valence-electron chi connectivity index (χ1n) is 10.1. The average Bonchev–Trinajstić information content (AvgIpc) is 3.22. The Morgan fingerprint density at radius 3 is 2.46 bits per heavy atom. The van der Waals surface area contributed by atoms with Gasteiger partial charge in [-0.05, 0) is 44.2 Å². The zero-order valence-electron chi connectivity index (χ0n) is 16.4. The number of rotatable bonds is 6. The van der Waals surface area contributed by atoms with E-state index in [0.29, 0.717) is 19.5 Å². The number of nitro groups is 1. The molecule has 0 radical (unpaired) electrons. The van der Waals surface area contributed by atoms with Gasteiger partial charge in [0, 0.05) is 50.4 Å². The van der Waals surface area contributed by atoms with Crippen LogP contribution in [0.5, 0.6) is 0 Å². The number of piperidine rings is 1. The summed E-state index contributed by atoms with van der Waals surface area (Å²) in [6.07, 6.45) is 4.91. The number of anilines is 1. The van der Waals surface area contributed by atoms with Gasteiger partial charge in [-0.3, -0.25) is 19.7 Å². The summed E-state index contributed by atoms with van der Waals surface area (Å²) >= 11 is 0. The molecule has 0 unspecified atom stereocenters. The molecule has 8 nitrogen and oxygen atoms in total. The fourth-order valence-electron chi connectivity index (χ4n) is 3.95. The first kappa shape index (κ1) is 20.1. The summed E-state index contributed by atoms with van der Waals surface area (Å²) in [5.41, 5.74) is 0.858. The molecule has 2 aliphatic rings. The lowest BCUT2D eigenvalue weighted by Crippen LogP contribution is -2.44. The van der Waals surface area contributed by atoms with Crippen LogP contribution in [0.25, 0.3) is 0 Å². The maximum Gasteiger partial charge on any atom is 0.282 e. The molecule has 28 heavy (non-hydrogen) atoms. The van der Waals surface area contributed by atoms with Crippen molar-refractivity contribution in [2.75, 3.05) is 31.1 Å². The van der Waals surface area contributed by atoms with Crippen LogP contribution in [-0.2, 0) is 4.79 Å². The SMILES string of the molecule is CCCC(=O)NC1CCN(c2ccc([N+](=O)[O-])c(C(=O)N3CCCC3)c2)CC1. The third-order valence-electron chi connectivity index (χ3n) is 5.50. The number of carbonyl (C=O) groups is 2. The Morgan fingerprint density at radius 1 is 1.18 bits per heavy atom. The average molecular weight is 388 g/mol. The van der Waals surface area contributed by atoms with Crippen molar-refractivity contribution >= 4 is 23.2 Å². The molecule has 0 aromatic heterocycles. The lowest BCUT2D eigenvalue weighted by Gasteiger charge is -2.34. The predicted octanol–water partition coefficient (Wildman–Crippen LogP) is 2.72. The van der Waals surface area contributed by atoms with Gasteiger partial charge in [0.15, 0.2) is 0 Å². The summed E-state index contributed by atoms with van der Waals surface area (Å²) in [5.74, 6) is -0.164. The highest BCUT2D eigenvalue weighted by Gasteiger charge is 2.28. The second-order valence-electron chi connectivity index (χ2n) is 7.54. The number of hydrogen-bond acceptors (Lipinski definition) is 5. The third kappa shape index (κ3) is 4.61. The maximum absolute atomic E-state index is 12.8. The number of hydrogen-bond donors (Lipinski definition) is 1. The molecule has 1 aromatic carbocycles. The molecular formula is C20H28N4O4. The number of nitro benzene ring substituents is 1. The standard InChI is InChI=1S/C20H28N4O4/c1-2-5-19(25)21-15-8-12-22(13-9-15)16-6-7-18(24(27)28)17(14-16)20(26)23-10-3-4-11-23/h6-7,14-15H,2-5,8-13H2,1H3,(H,21,25). The van der Waals surface area contributed by atoms with Gasteiger partial charge in [0.05, 0.1) is 4.92 Å². The highest BCUT2D eigenvalue weighted by molar-refractivity contribution is 5.99. The van der Waals surface area contributed by atoms with E-state index in [-0.39, 0.29) is 29.1 Å². The minimum absolute atomic E-state index is 0.0924. The molecule has 8 heteroatoms. The molecule has 2 aliphatic heterocycles. The molecule has 1 N–H and O–H groups in total. The van der Waals surface area contributed by atoms with E-state index in [9.17, 15) is 19.7 Å². The normalized spacial score (nSPS) is 17.6. The molecule has 0 aliphatic carbocycles. The Morgan fingerprint density at radius 2 is 1.86 bits per heavy atom. The lowest BCUT2D eigenvalue weighted by molar-refractivity contribution is -0.385. The van der Waals surface area contributed by atoms with Crippen LogP contribution in [-0.4, -0.2) is 53.9 Å². The summed E-state index contributed by atoms with van der Waals surface area (Å²) in [6.45, 7) is 4.78. The van der Waals surface area contributed by atoms with Crippen LogP contribution < -0.4 is 10.2 Å². The van der Waals surface area contributed by atoms with Crippen molar-refractivity contribution in [2.24, 2.45) is 0 Å². The van der Waals surface area contributed by atoms with Gasteiger partial charge in [0.2, 0.25) is 5.91 Å². The number of benzene rings is 1. The van der Waals surface area contributed by atoms with Crippen molar-refractivity contribution in [3.05, 3.63) is 33.9 Å². The lowest BCUT2D eigenvalue weighted by atomic mass is 10.0. The monoisotopic (exact) mass is 388 g/mol. The molecule has 2 amide bonds. The van der Waals surface area contributed by atoms with Gasteiger partial charge < -0.3 is 15.1 Å². The van der Waals surface area contributed by atoms with E-state index in [2.05, 4.69) is 10.2 Å². The summed E-state index contributed by atoms with van der Waals surface area (Å²) in [6, 6.07) is 4.98. The van der Waals surface area contributed by atoms with Crippen LogP contribution in [0.4, 0.5) is 11.4 Å². The Hall–Kier alpha value is -2.64. The number of nitrogens with zero attached hydrogens (tertiary/aromatic N) is 3. The van der Waals surface area contributed by atoms with Crippen molar-refractivity contribution < 1.29 is 14.5 Å². The van der Waals surface area contributed by atoms with E-state index < -0.39 is 4.92 Å². The van der Waals surface area contributed by atoms with Gasteiger partial charge in [-0.15, -0.1) is 0 Å². The fraction of sp³-hybridized carbons (Fsp3) is 0.600. The fourth-order valence-corrected chi connectivity index (χ4v) is 3.95. The van der Waals surface area contributed by atoms with E-state index in [1.54, 1.807) is 17.0 Å². The Balaban J connectivity index is 1.71. The van der Waals surface area contributed by atoms with E-state index in [1.807, 2.05) is 6.92 Å². The highest BCUT2D eigenvalue weighted by Crippen LogP contribution is 2.29. The smallest absolute Gasteiger partial charge is 0.282 e. The van der Waals surface area contributed by atoms with Crippen LogP contribution in [0.3, 0.4) is 0 Å². The van der Waals surface area contributed by atoms with Crippen molar-refractivity contribution in [3.63, 3.8) is 0 Å². The van der Waals surface area contributed by atoms with Crippen molar-refractivity contribution in [3.8, 4) is 0 Å². The van der Waals surface area contributed by atoms with Gasteiger partial charge in [-0.1, -0.05) is 6.92 Å². The van der Waals surface area contributed by atoms with Gasteiger partial charge in [-0.25, -0.2) is 0 Å². The molecule has 1 aromatic rings. The van der Waals surface area contributed by atoms with E-state index in [0.717, 1.165) is 50.9 Å². The van der Waals surface area contributed by atoms with E-state index in [1.165, 1.54) is 6.07 Å². The van der Waals surface area contributed by atoms with Crippen LogP contribution in [0.15, 0.2) is 18.2 Å². The number of nitrogens with one attached hydrogen (secondary N) is 1. The molecule has 0 bridgehead atoms. The van der Waals surface area contributed by atoms with Crippen molar-refractivity contribution in [1.29, 1.82) is 0 Å². The van der Waals surface area contributed by atoms with Crippen molar-refractivity contribution in [1.82, 2.24) is 10.2 Å². The summed E-state index contributed by atoms with van der Waals surface area (Å²) < 4.78 is 0. The number of likely N-dealkylation sites (tertiary alicyclic amines) is 1. The van der Waals surface area contributed by atoms with Crippen LogP contribution >= 0.6 is 0 Å². The van der Waals surface area contributed by atoms with Crippen LogP contribution in [0.2, 0.25) is 0 Å². The van der Waals surface area contributed by atoms with E-state index in [4.69, 9.17) is 0 Å². The maximum atomic E-state index is 12.8. The zero-order chi connectivity index (χ0) is 20.1. The molecule has 0 atom stereocenters. The number of carbonyl (C=O) groups excluding carboxylic acids is 2. The zero-order valence-corrected chi connectivity index (χ0v) is 16.4. The Labute approximate surface area is 165 Å². The minimum atomic E-state index is -0.484. The topological polar surface area (TPSA) is 95.8 Å². The molecule has 2 saturated heterocycles. The van der Waals surface area contributed by atoms with Gasteiger partial charge in [0.1, 0.15) is 5.56 Å². The van der Waals surface area contributed by atoms with Crippen LogP contribution in [0.1, 0.15) is 55.8 Å². The second kappa shape index (κ2) is 9.03. The van der Waals surface area contributed by atoms with Crippen molar-refractivity contribution in [2.45, 2.75) is 51.5 Å². The summed E-state index contributed by atoms with van der Waals surface area (Å²) in [5, 5.41) is 14.5. The largest absolute Gasteiger partial charge is 0.371 e. The molecule has 2 heterocycles. The minimum Gasteiger partial charge on any atom is -0.371 e. The molecule has 3 rings (SSSR count). The summed E-state index contributed by atoms with van der Waals surface area (Å²) in [7, 11) is 0. The quantitative estimate of drug-likeness (QED) is 0.597.